The van der Waals surface area contributed by atoms with Gasteiger partial charge < -0.3 is 10.6 Å². The summed E-state index contributed by atoms with van der Waals surface area (Å²) in [5.41, 5.74) is 6.22. The highest BCUT2D eigenvalue weighted by Crippen LogP contribution is 2.13. The van der Waals surface area contributed by atoms with Crippen LogP contribution in [0.2, 0.25) is 0 Å². The van der Waals surface area contributed by atoms with Gasteiger partial charge in [-0.1, -0.05) is 27.2 Å². The number of nitrogens with zero attached hydrogens (tertiary/aromatic N) is 2. The molecule has 1 heterocycles. The lowest BCUT2D eigenvalue weighted by atomic mass is 9.99. The molecule has 0 spiro atoms. The minimum Gasteiger partial charge on any atom is -0.326 e. The number of rotatable bonds is 5. The highest BCUT2D eigenvalue weighted by Gasteiger charge is 2.24. The molecule has 3 unspecified atom stereocenters. The van der Waals surface area contributed by atoms with Gasteiger partial charge in [0.05, 0.1) is 0 Å². The molecule has 0 aromatic rings. The van der Waals surface area contributed by atoms with Crippen molar-refractivity contribution < 1.29 is 0 Å². The average molecular weight is 227 g/mol. The maximum absolute atomic E-state index is 6.22. The van der Waals surface area contributed by atoms with Crippen molar-refractivity contribution in [3.05, 3.63) is 0 Å². The van der Waals surface area contributed by atoms with Crippen LogP contribution in [0.25, 0.3) is 0 Å². The molecule has 0 bridgehead atoms. The fourth-order valence-corrected chi connectivity index (χ4v) is 2.40. The van der Waals surface area contributed by atoms with E-state index in [0.717, 1.165) is 12.6 Å². The Hall–Kier alpha value is -0.120. The van der Waals surface area contributed by atoms with Crippen LogP contribution in [0.5, 0.6) is 0 Å². The molecule has 0 radical (unpaired) electrons. The number of hydrogen-bond donors (Lipinski definition) is 1. The molecule has 0 amide bonds. The number of likely N-dealkylation sites (N-methyl/N-ethyl adjacent to an activating group) is 1. The molecular formula is C13H29N3. The summed E-state index contributed by atoms with van der Waals surface area (Å²) in [6.07, 6.45) is 2.43. The SMILES string of the molecule is CCC(C)C(N)CN1CCN(C)C(CC)C1. The van der Waals surface area contributed by atoms with Crippen LogP contribution in [0.4, 0.5) is 0 Å². The van der Waals surface area contributed by atoms with E-state index in [4.69, 9.17) is 5.73 Å². The summed E-state index contributed by atoms with van der Waals surface area (Å²) in [6, 6.07) is 1.06. The molecule has 96 valence electrons. The van der Waals surface area contributed by atoms with Crippen LogP contribution in [-0.4, -0.2) is 55.1 Å². The van der Waals surface area contributed by atoms with Crippen LogP contribution in [0.3, 0.4) is 0 Å². The lowest BCUT2D eigenvalue weighted by Gasteiger charge is -2.40. The van der Waals surface area contributed by atoms with Crippen molar-refractivity contribution >= 4 is 0 Å². The second-order valence-corrected chi connectivity index (χ2v) is 5.35. The molecule has 1 fully saturated rings. The van der Waals surface area contributed by atoms with E-state index in [9.17, 15) is 0 Å². The molecule has 1 aliphatic heterocycles. The molecule has 3 atom stereocenters. The van der Waals surface area contributed by atoms with E-state index < -0.39 is 0 Å². The molecule has 16 heavy (non-hydrogen) atoms. The Labute approximate surface area is 101 Å². The zero-order valence-electron chi connectivity index (χ0n) is 11.4. The first-order valence-electron chi connectivity index (χ1n) is 6.76. The first-order valence-corrected chi connectivity index (χ1v) is 6.76. The summed E-state index contributed by atoms with van der Waals surface area (Å²) in [7, 11) is 2.24. The van der Waals surface area contributed by atoms with Gasteiger partial charge in [0.2, 0.25) is 0 Å². The van der Waals surface area contributed by atoms with Crippen LogP contribution < -0.4 is 5.73 Å². The Balaban J connectivity index is 2.38. The van der Waals surface area contributed by atoms with Crippen molar-refractivity contribution in [2.24, 2.45) is 11.7 Å². The number of piperazine rings is 1. The third-order valence-electron chi connectivity index (χ3n) is 4.18. The fraction of sp³-hybridized carbons (Fsp3) is 1.00. The lowest BCUT2D eigenvalue weighted by Crippen LogP contribution is -2.54. The molecule has 1 rings (SSSR count). The van der Waals surface area contributed by atoms with Gasteiger partial charge >= 0.3 is 0 Å². The van der Waals surface area contributed by atoms with Gasteiger partial charge in [-0.3, -0.25) is 4.90 Å². The van der Waals surface area contributed by atoms with Gasteiger partial charge in [0.1, 0.15) is 0 Å². The largest absolute Gasteiger partial charge is 0.326 e. The topological polar surface area (TPSA) is 32.5 Å². The zero-order chi connectivity index (χ0) is 12.1. The van der Waals surface area contributed by atoms with Gasteiger partial charge in [0, 0.05) is 38.3 Å². The van der Waals surface area contributed by atoms with Crippen LogP contribution in [0, 0.1) is 5.92 Å². The smallest absolute Gasteiger partial charge is 0.0218 e. The summed E-state index contributed by atoms with van der Waals surface area (Å²) < 4.78 is 0. The predicted molar refractivity (Wildman–Crippen MR) is 70.6 cm³/mol. The first-order chi connectivity index (χ1) is 7.58. The summed E-state index contributed by atoms with van der Waals surface area (Å²) >= 11 is 0. The Morgan fingerprint density at radius 3 is 2.56 bits per heavy atom. The van der Waals surface area contributed by atoms with Crippen LogP contribution in [0.15, 0.2) is 0 Å². The van der Waals surface area contributed by atoms with Crippen LogP contribution in [-0.2, 0) is 0 Å². The van der Waals surface area contributed by atoms with Crippen molar-refractivity contribution in [2.45, 2.75) is 45.7 Å². The fourth-order valence-electron chi connectivity index (χ4n) is 2.40. The second-order valence-electron chi connectivity index (χ2n) is 5.35. The van der Waals surface area contributed by atoms with Gasteiger partial charge in [0.25, 0.3) is 0 Å². The minimum absolute atomic E-state index is 0.339. The Morgan fingerprint density at radius 1 is 1.31 bits per heavy atom. The highest BCUT2D eigenvalue weighted by atomic mass is 15.3. The highest BCUT2D eigenvalue weighted by molar-refractivity contribution is 4.82. The molecule has 1 aliphatic rings. The van der Waals surface area contributed by atoms with Gasteiger partial charge in [-0.2, -0.15) is 0 Å². The summed E-state index contributed by atoms with van der Waals surface area (Å²) in [5.74, 6) is 0.639. The lowest BCUT2D eigenvalue weighted by molar-refractivity contribution is 0.0845. The maximum Gasteiger partial charge on any atom is 0.0218 e. The predicted octanol–water partition coefficient (Wildman–Crippen LogP) is 1.39. The molecule has 1 saturated heterocycles. The molecule has 0 aliphatic carbocycles. The van der Waals surface area contributed by atoms with E-state index in [1.807, 2.05) is 0 Å². The van der Waals surface area contributed by atoms with E-state index in [1.54, 1.807) is 0 Å². The zero-order valence-corrected chi connectivity index (χ0v) is 11.4. The molecule has 2 N–H and O–H groups in total. The molecule has 3 nitrogen and oxygen atoms in total. The summed E-state index contributed by atoms with van der Waals surface area (Å²) in [4.78, 5) is 5.02. The van der Waals surface area contributed by atoms with Crippen LogP contribution >= 0.6 is 0 Å². The van der Waals surface area contributed by atoms with Crippen LogP contribution in [0.1, 0.15) is 33.6 Å². The Morgan fingerprint density at radius 2 is 2.00 bits per heavy atom. The van der Waals surface area contributed by atoms with Crippen molar-refractivity contribution in [3.63, 3.8) is 0 Å². The van der Waals surface area contributed by atoms with E-state index >= 15 is 0 Å². The second kappa shape index (κ2) is 6.58. The van der Waals surface area contributed by atoms with Gasteiger partial charge in [-0.25, -0.2) is 0 Å². The van der Waals surface area contributed by atoms with Gasteiger partial charge in [0.15, 0.2) is 0 Å². The van der Waals surface area contributed by atoms with Gasteiger partial charge in [-0.15, -0.1) is 0 Å². The quantitative estimate of drug-likeness (QED) is 0.770. The third kappa shape index (κ3) is 3.72. The standard InChI is InChI=1S/C13H29N3/c1-5-11(3)13(14)10-16-8-7-15(4)12(6-2)9-16/h11-13H,5-10,14H2,1-4H3. The van der Waals surface area contributed by atoms with E-state index in [1.165, 1.54) is 32.5 Å². The monoisotopic (exact) mass is 227 g/mol. The molecule has 0 aromatic heterocycles. The molecule has 3 heteroatoms. The van der Waals surface area contributed by atoms with Crippen molar-refractivity contribution in [2.75, 3.05) is 33.2 Å². The minimum atomic E-state index is 0.339. The maximum atomic E-state index is 6.22. The summed E-state index contributed by atoms with van der Waals surface area (Å²) in [5, 5.41) is 0. The van der Waals surface area contributed by atoms with Crippen molar-refractivity contribution in [1.29, 1.82) is 0 Å². The Bertz CT molecular complexity index is 196. The molecular weight excluding hydrogens is 198 g/mol. The third-order valence-corrected chi connectivity index (χ3v) is 4.18. The van der Waals surface area contributed by atoms with E-state index in [2.05, 4.69) is 37.6 Å². The molecule has 0 saturated carbocycles. The normalized spacial score (nSPS) is 27.9. The summed E-state index contributed by atoms with van der Waals surface area (Å²) in [6.45, 7) is 11.4. The van der Waals surface area contributed by atoms with Crippen molar-refractivity contribution in [1.82, 2.24) is 9.80 Å². The van der Waals surface area contributed by atoms with Gasteiger partial charge in [-0.05, 0) is 19.4 Å². The molecule has 0 aromatic carbocycles. The number of nitrogens with two attached hydrogens (primary N) is 1. The first kappa shape index (κ1) is 13.9. The average Bonchev–Trinajstić information content (AvgIpc) is 2.30. The Kier molecular flexibility index (Phi) is 5.73. The number of hydrogen-bond acceptors (Lipinski definition) is 3. The van der Waals surface area contributed by atoms with E-state index in [-0.39, 0.29) is 0 Å². The van der Waals surface area contributed by atoms with E-state index in [0.29, 0.717) is 12.0 Å². The van der Waals surface area contributed by atoms with Crippen molar-refractivity contribution in [3.8, 4) is 0 Å².